The molecule has 0 N–H and O–H groups in total. The fourth-order valence-corrected chi connectivity index (χ4v) is 3.81. The standard InChI is InChI=1S/C18H19ClO3S/c1-2-21-17-6-4-3-5-13(17)10-23-11-15-8-16(19)7-14-9-20-12-22-18(14)15/h3-8H,2,9-12H2,1H3. The first-order valence-corrected chi connectivity index (χ1v) is 9.11. The van der Waals surface area contributed by atoms with Gasteiger partial charge in [0.2, 0.25) is 0 Å². The number of rotatable bonds is 6. The number of benzene rings is 2. The first-order chi connectivity index (χ1) is 11.3. The summed E-state index contributed by atoms with van der Waals surface area (Å²) in [6.07, 6.45) is 0. The van der Waals surface area contributed by atoms with Crippen LogP contribution in [0.4, 0.5) is 0 Å². The molecule has 0 bridgehead atoms. The van der Waals surface area contributed by atoms with Crippen LogP contribution < -0.4 is 9.47 Å². The SMILES string of the molecule is CCOc1ccccc1CSCc1cc(Cl)cc2c1OCOC2. The molecule has 0 saturated heterocycles. The molecule has 0 saturated carbocycles. The number of hydrogen-bond donors (Lipinski definition) is 0. The van der Waals surface area contributed by atoms with Gasteiger partial charge < -0.3 is 14.2 Å². The molecule has 0 spiro atoms. The molecule has 3 nitrogen and oxygen atoms in total. The maximum absolute atomic E-state index is 6.20. The molecular weight excluding hydrogens is 332 g/mol. The van der Waals surface area contributed by atoms with Crippen LogP contribution in [-0.2, 0) is 22.8 Å². The summed E-state index contributed by atoms with van der Waals surface area (Å²) < 4.78 is 16.6. The van der Waals surface area contributed by atoms with Crippen molar-refractivity contribution in [1.29, 1.82) is 0 Å². The Balaban J connectivity index is 1.69. The smallest absolute Gasteiger partial charge is 0.189 e. The van der Waals surface area contributed by atoms with E-state index < -0.39 is 0 Å². The third-order valence-corrected chi connectivity index (χ3v) is 4.79. The molecule has 23 heavy (non-hydrogen) atoms. The van der Waals surface area contributed by atoms with Gasteiger partial charge in [0.05, 0.1) is 13.2 Å². The van der Waals surface area contributed by atoms with Crippen molar-refractivity contribution < 1.29 is 14.2 Å². The van der Waals surface area contributed by atoms with Crippen molar-refractivity contribution in [3.05, 3.63) is 58.1 Å². The van der Waals surface area contributed by atoms with Crippen molar-refractivity contribution in [2.75, 3.05) is 13.4 Å². The number of para-hydroxylation sites is 1. The van der Waals surface area contributed by atoms with E-state index in [1.807, 2.05) is 49.0 Å². The summed E-state index contributed by atoms with van der Waals surface area (Å²) >= 11 is 8.03. The Hall–Kier alpha value is -1.36. The molecular formula is C18H19ClO3S. The molecule has 0 unspecified atom stereocenters. The van der Waals surface area contributed by atoms with E-state index in [4.69, 9.17) is 25.8 Å². The zero-order valence-corrected chi connectivity index (χ0v) is 14.6. The van der Waals surface area contributed by atoms with Crippen molar-refractivity contribution in [2.45, 2.75) is 25.0 Å². The maximum atomic E-state index is 6.20. The fraction of sp³-hybridized carbons (Fsp3) is 0.333. The average molecular weight is 351 g/mol. The number of ether oxygens (including phenoxy) is 3. The Kier molecular flexibility index (Phi) is 5.70. The highest BCUT2D eigenvalue weighted by Gasteiger charge is 2.16. The van der Waals surface area contributed by atoms with E-state index in [1.54, 1.807) is 0 Å². The molecule has 0 fully saturated rings. The lowest BCUT2D eigenvalue weighted by Gasteiger charge is -2.21. The summed E-state index contributed by atoms with van der Waals surface area (Å²) in [6.45, 7) is 3.54. The van der Waals surface area contributed by atoms with E-state index in [9.17, 15) is 0 Å². The molecule has 0 atom stereocenters. The van der Waals surface area contributed by atoms with E-state index in [1.165, 1.54) is 5.56 Å². The van der Waals surface area contributed by atoms with Gasteiger partial charge in [0.25, 0.3) is 0 Å². The summed E-state index contributed by atoms with van der Waals surface area (Å²) in [5, 5.41) is 0.725. The van der Waals surface area contributed by atoms with Crippen molar-refractivity contribution in [3.8, 4) is 11.5 Å². The van der Waals surface area contributed by atoms with Crippen LogP contribution >= 0.6 is 23.4 Å². The van der Waals surface area contributed by atoms with E-state index >= 15 is 0 Å². The summed E-state index contributed by atoms with van der Waals surface area (Å²) in [6, 6.07) is 12.1. The van der Waals surface area contributed by atoms with Crippen LogP contribution in [0, 0.1) is 0 Å². The van der Waals surface area contributed by atoms with E-state index in [0.717, 1.165) is 39.2 Å². The van der Waals surface area contributed by atoms with Crippen LogP contribution in [-0.4, -0.2) is 13.4 Å². The molecule has 2 aromatic rings. The van der Waals surface area contributed by atoms with Crippen molar-refractivity contribution in [1.82, 2.24) is 0 Å². The van der Waals surface area contributed by atoms with Gasteiger partial charge in [-0.1, -0.05) is 29.8 Å². The first-order valence-electron chi connectivity index (χ1n) is 7.58. The van der Waals surface area contributed by atoms with Crippen LogP contribution in [0.5, 0.6) is 11.5 Å². The lowest BCUT2D eigenvalue weighted by Crippen LogP contribution is -2.13. The van der Waals surface area contributed by atoms with E-state index in [2.05, 4.69) is 6.07 Å². The molecule has 0 aliphatic carbocycles. The van der Waals surface area contributed by atoms with Gasteiger partial charge in [-0.25, -0.2) is 0 Å². The number of hydrogen-bond acceptors (Lipinski definition) is 4. The topological polar surface area (TPSA) is 27.7 Å². The van der Waals surface area contributed by atoms with Gasteiger partial charge in [0.1, 0.15) is 11.5 Å². The Morgan fingerprint density at radius 1 is 1.17 bits per heavy atom. The third-order valence-electron chi connectivity index (χ3n) is 3.54. The molecule has 0 radical (unpaired) electrons. The maximum Gasteiger partial charge on any atom is 0.189 e. The van der Waals surface area contributed by atoms with Gasteiger partial charge >= 0.3 is 0 Å². The minimum absolute atomic E-state index is 0.305. The highest BCUT2D eigenvalue weighted by atomic mass is 35.5. The second-order valence-electron chi connectivity index (χ2n) is 5.20. The van der Waals surface area contributed by atoms with Crippen molar-refractivity contribution in [2.24, 2.45) is 0 Å². The second kappa shape index (κ2) is 7.95. The first kappa shape index (κ1) is 16.5. The normalized spacial score (nSPS) is 13.3. The van der Waals surface area contributed by atoms with Gasteiger partial charge in [0, 0.05) is 33.2 Å². The van der Waals surface area contributed by atoms with Gasteiger partial charge in [0.15, 0.2) is 6.79 Å². The number of halogens is 1. The molecule has 122 valence electrons. The summed E-state index contributed by atoms with van der Waals surface area (Å²) in [7, 11) is 0. The summed E-state index contributed by atoms with van der Waals surface area (Å²) in [4.78, 5) is 0. The fourth-order valence-electron chi connectivity index (χ4n) is 2.55. The molecule has 1 heterocycles. The number of fused-ring (bicyclic) bond motifs is 1. The molecule has 0 aromatic heterocycles. The van der Waals surface area contributed by atoms with Gasteiger partial charge in [-0.15, -0.1) is 0 Å². The average Bonchev–Trinajstić information content (AvgIpc) is 2.56. The Morgan fingerprint density at radius 3 is 2.87 bits per heavy atom. The monoisotopic (exact) mass is 350 g/mol. The molecule has 1 aliphatic rings. The molecule has 2 aromatic carbocycles. The minimum Gasteiger partial charge on any atom is -0.494 e. The van der Waals surface area contributed by atoms with Crippen LogP contribution in [0.1, 0.15) is 23.6 Å². The van der Waals surface area contributed by atoms with Crippen molar-refractivity contribution in [3.63, 3.8) is 0 Å². The van der Waals surface area contributed by atoms with Gasteiger partial charge in [-0.2, -0.15) is 11.8 Å². The zero-order chi connectivity index (χ0) is 16.1. The highest BCUT2D eigenvalue weighted by molar-refractivity contribution is 7.97. The van der Waals surface area contributed by atoms with E-state index in [-0.39, 0.29) is 0 Å². The third kappa shape index (κ3) is 4.14. The molecule has 3 rings (SSSR count). The summed E-state index contributed by atoms with van der Waals surface area (Å²) in [5.74, 6) is 3.60. The highest BCUT2D eigenvalue weighted by Crippen LogP contribution is 2.35. The van der Waals surface area contributed by atoms with E-state index in [0.29, 0.717) is 20.0 Å². The Bertz CT molecular complexity index is 675. The quantitative estimate of drug-likeness (QED) is 0.729. The molecule has 0 amide bonds. The van der Waals surface area contributed by atoms with Crippen LogP contribution in [0.2, 0.25) is 5.02 Å². The number of thioether (sulfide) groups is 1. The Morgan fingerprint density at radius 2 is 2.00 bits per heavy atom. The lowest BCUT2D eigenvalue weighted by molar-refractivity contribution is -0.0168. The minimum atomic E-state index is 0.305. The predicted octanol–water partition coefficient (Wildman–Crippen LogP) is 5.04. The van der Waals surface area contributed by atoms with Crippen LogP contribution in [0.3, 0.4) is 0 Å². The predicted molar refractivity (Wildman–Crippen MR) is 94.3 cm³/mol. The second-order valence-corrected chi connectivity index (χ2v) is 6.62. The van der Waals surface area contributed by atoms with Crippen LogP contribution in [0.25, 0.3) is 0 Å². The zero-order valence-electron chi connectivity index (χ0n) is 13.0. The van der Waals surface area contributed by atoms with Gasteiger partial charge in [-0.3, -0.25) is 0 Å². The largest absolute Gasteiger partial charge is 0.494 e. The molecule has 5 heteroatoms. The Labute approximate surface area is 145 Å². The van der Waals surface area contributed by atoms with Crippen molar-refractivity contribution >= 4 is 23.4 Å². The summed E-state index contributed by atoms with van der Waals surface area (Å²) in [5.41, 5.74) is 3.35. The van der Waals surface area contributed by atoms with Crippen LogP contribution in [0.15, 0.2) is 36.4 Å². The molecule has 1 aliphatic heterocycles. The lowest BCUT2D eigenvalue weighted by atomic mass is 10.1. The van der Waals surface area contributed by atoms with Gasteiger partial charge in [-0.05, 0) is 25.1 Å².